The fourth-order valence-electron chi connectivity index (χ4n) is 2.48. The molecule has 100 valence electrons. The Bertz CT molecular complexity index is 363. The number of hydrogen-bond donors (Lipinski definition) is 1. The molecule has 1 aromatic rings. The van der Waals surface area contributed by atoms with Gasteiger partial charge in [0, 0.05) is 19.6 Å². The van der Waals surface area contributed by atoms with Crippen LogP contribution in [0.5, 0.6) is 0 Å². The highest BCUT2D eigenvalue weighted by Gasteiger charge is 2.12. The molecular formula is C15H25N3. The molecule has 0 saturated carbocycles. The van der Waals surface area contributed by atoms with Gasteiger partial charge in [-0.1, -0.05) is 12.1 Å². The lowest BCUT2D eigenvalue weighted by Crippen LogP contribution is -2.30. The van der Waals surface area contributed by atoms with Crippen LogP contribution in [0.4, 0.5) is 11.4 Å². The summed E-state index contributed by atoms with van der Waals surface area (Å²) >= 11 is 0. The highest BCUT2D eigenvalue weighted by Crippen LogP contribution is 2.27. The summed E-state index contributed by atoms with van der Waals surface area (Å²) in [5, 5.41) is 3.54. The second-order valence-corrected chi connectivity index (χ2v) is 5.29. The van der Waals surface area contributed by atoms with Crippen LogP contribution in [0.1, 0.15) is 19.3 Å². The van der Waals surface area contributed by atoms with Gasteiger partial charge in [0.15, 0.2) is 0 Å². The van der Waals surface area contributed by atoms with Gasteiger partial charge >= 0.3 is 0 Å². The molecule has 0 fully saturated rings. The van der Waals surface area contributed by atoms with Crippen molar-refractivity contribution in [3.8, 4) is 0 Å². The molecule has 0 bridgehead atoms. The third-order valence-corrected chi connectivity index (χ3v) is 3.45. The summed E-state index contributed by atoms with van der Waals surface area (Å²) in [6, 6.07) is 8.69. The normalized spacial score (nSPS) is 15.8. The van der Waals surface area contributed by atoms with Crippen molar-refractivity contribution in [2.45, 2.75) is 19.3 Å². The second kappa shape index (κ2) is 6.64. The maximum atomic E-state index is 3.54. The lowest BCUT2D eigenvalue weighted by Gasteiger charge is -2.30. The minimum absolute atomic E-state index is 1.10. The van der Waals surface area contributed by atoms with E-state index in [1.165, 1.54) is 37.2 Å². The van der Waals surface area contributed by atoms with Gasteiger partial charge < -0.3 is 15.1 Å². The Morgan fingerprint density at radius 3 is 2.89 bits per heavy atom. The van der Waals surface area contributed by atoms with Crippen molar-refractivity contribution in [2.75, 3.05) is 50.5 Å². The van der Waals surface area contributed by atoms with Crippen LogP contribution in [0.25, 0.3) is 0 Å². The molecule has 1 heterocycles. The van der Waals surface area contributed by atoms with Crippen LogP contribution in [-0.2, 0) is 0 Å². The number of anilines is 2. The third kappa shape index (κ3) is 3.64. The zero-order chi connectivity index (χ0) is 12.8. The van der Waals surface area contributed by atoms with Crippen molar-refractivity contribution in [1.82, 2.24) is 4.90 Å². The molecule has 3 heteroatoms. The van der Waals surface area contributed by atoms with Crippen LogP contribution in [-0.4, -0.2) is 45.2 Å². The molecule has 0 radical (unpaired) electrons. The first-order valence-electron chi connectivity index (χ1n) is 7.00. The van der Waals surface area contributed by atoms with Crippen molar-refractivity contribution in [2.24, 2.45) is 0 Å². The highest BCUT2D eigenvalue weighted by atomic mass is 15.2. The Morgan fingerprint density at radius 2 is 2.06 bits per heavy atom. The molecule has 0 aromatic heterocycles. The largest absolute Gasteiger partial charge is 0.383 e. The van der Waals surface area contributed by atoms with E-state index < -0.39 is 0 Å². The molecule has 0 saturated heterocycles. The van der Waals surface area contributed by atoms with E-state index in [-0.39, 0.29) is 0 Å². The van der Waals surface area contributed by atoms with E-state index in [4.69, 9.17) is 0 Å². The minimum Gasteiger partial charge on any atom is -0.383 e. The van der Waals surface area contributed by atoms with E-state index >= 15 is 0 Å². The Hall–Kier alpha value is -1.22. The average Bonchev–Trinajstić information content (AvgIpc) is 2.33. The number of rotatable bonds is 4. The molecule has 2 rings (SSSR count). The zero-order valence-electron chi connectivity index (χ0n) is 11.7. The monoisotopic (exact) mass is 247 g/mol. The summed E-state index contributed by atoms with van der Waals surface area (Å²) in [4.78, 5) is 4.79. The number of nitrogens with zero attached hydrogens (tertiary/aromatic N) is 2. The summed E-state index contributed by atoms with van der Waals surface area (Å²) in [5.74, 6) is 0. The molecule has 1 N–H and O–H groups in total. The van der Waals surface area contributed by atoms with Crippen LogP contribution in [0.15, 0.2) is 24.3 Å². The van der Waals surface area contributed by atoms with Crippen molar-refractivity contribution < 1.29 is 0 Å². The Morgan fingerprint density at radius 1 is 1.22 bits per heavy atom. The molecule has 3 nitrogen and oxygen atoms in total. The summed E-state index contributed by atoms with van der Waals surface area (Å²) in [6.45, 7) is 4.59. The fourth-order valence-corrected chi connectivity index (χ4v) is 2.48. The summed E-state index contributed by atoms with van der Waals surface area (Å²) in [6.07, 6.45) is 3.77. The molecule has 0 spiro atoms. The Labute approximate surface area is 111 Å². The lowest BCUT2D eigenvalue weighted by atomic mass is 10.1. The maximum absolute atomic E-state index is 3.54. The zero-order valence-corrected chi connectivity index (χ0v) is 11.7. The van der Waals surface area contributed by atoms with Gasteiger partial charge in [-0.05, 0) is 52.0 Å². The average molecular weight is 247 g/mol. The molecule has 0 amide bonds. The van der Waals surface area contributed by atoms with Crippen molar-refractivity contribution >= 4 is 11.4 Å². The van der Waals surface area contributed by atoms with E-state index in [0.29, 0.717) is 0 Å². The molecule has 1 aliphatic rings. The predicted octanol–water partition coefficient (Wildman–Crippen LogP) is 2.65. The van der Waals surface area contributed by atoms with Crippen molar-refractivity contribution in [3.05, 3.63) is 24.3 Å². The molecule has 1 aliphatic heterocycles. The van der Waals surface area contributed by atoms with Crippen molar-refractivity contribution in [3.63, 3.8) is 0 Å². The van der Waals surface area contributed by atoms with E-state index in [1.807, 2.05) is 0 Å². The minimum atomic E-state index is 1.10. The second-order valence-electron chi connectivity index (χ2n) is 5.29. The van der Waals surface area contributed by atoms with Gasteiger partial charge in [-0.15, -0.1) is 0 Å². The lowest BCUT2D eigenvalue weighted by molar-refractivity contribution is 0.400. The first kappa shape index (κ1) is 13.2. The first-order chi connectivity index (χ1) is 8.77. The number of nitrogens with one attached hydrogen (secondary N) is 1. The van der Waals surface area contributed by atoms with E-state index in [0.717, 1.165) is 19.6 Å². The van der Waals surface area contributed by atoms with E-state index in [2.05, 4.69) is 53.5 Å². The van der Waals surface area contributed by atoms with Gasteiger partial charge in [0.2, 0.25) is 0 Å². The number of benzene rings is 1. The third-order valence-electron chi connectivity index (χ3n) is 3.45. The summed E-state index contributed by atoms with van der Waals surface area (Å²) in [7, 11) is 4.28. The van der Waals surface area contributed by atoms with Gasteiger partial charge in [0.05, 0.1) is 11.4 Å². The molecule has 1 aromatic carbocycles. The van der Waals surface area contributed by atoms with Crippen LogP contribution in [0.3, 0.4) is 0 Å². The van der Waals surface area contributed by atoms with Crippen LogP contribution in [0, 0.1) is 0 Å². The van der Waals surface area contributed by atoms with Crippen LogP contribution >= 0.6 is 0 Å². The number of para-hydroxylation sites is 2. The first-order valence-corrected chi connectivity index (χ1v) is 7.00. The predicted molar refractivity (Wildman–Crippen MR) is 79.5 cm³/mol. The summed E-state index contributed by atoms with van der Waals surface area (Å²) < 4.78 is 0. The SMILES string of the molecule is CN(C)CCCN1CCCCNc2ccccc21. The van der Waals surface area contributed by atoms with Gasteiger partial charge in [-0.3, -0.25) is 0 Å². The highest BCUT2D eigenvalue weighted by molar-refractivity contribution is 5.70. The van der Waals surface area contributed by atoms with Gasteiger partial charge in [-0.25, -0.2) is 0 Å². The van der Waals surface area contributed by atoms with Gasteiger partial charge in [0.1, 0.15) is 0 Å². The molecule has 0 unspecified atom stereocenters. The summed E-state index contributed by atoms with van der Waals surface area (Å²) in [5.41, 5.74) is 2.66. The van der Waals surface area contributed by atoms with Gasteiger partial charge in [-0.2, -0.15) is 0 Å². The van der Waals surface area contributed by atoms with E-state index in [9.17, 15) is 0 Å². The molecular weight excluding hydrogens is 222 g/mol. The van der Waals surface area contributed by atoms with E-state index in [1.54, 1.807) is 0 Å². The Kier molecular flexibility index (Phi) is 4.88. The van der Waals surface area contributed by atoms with Crippen molar-refractivity contribution in [1.29, 1.82) is 0 Å². The standard InChI is InChI=1S/C15H25N3/c1-17(2)11-7-13-18-12-6-5-10-16-14-8-3-4-9-15(14)18/h3-4,8-9,16H,5-7,10-13H2,1-2H3. The van der Waals surface area contributed by atoms with Crippen LogP contribution in [0.2, 0.25) is 0 Å². The maximum Gasteiger partial charge on any atom is 0.0602 e. The molecule has 18 heavy (non-hydrogen) atoms. The fraction of sp³-hybridized carbons (Fsp3) is 0.600. The molecule has 0 aliphatic carbocycles. The molecule has 0 atom stereocenters. The Balaban J connectivity index is 2.04. The van der Waals surface area contributed by atoms with Gasteiger partial charge in [0.25, 0.3) is 0 Å². The quantitative estimate of drug-likeness (QED) is 0.882. The van der Waals surface area contributed by atoms with Crippen LogP contribution < -0.4 is 10.2 Å². The topological polar surface area (TPSA) is 18.5 Å². The number of hydrogen-bond acceptors (Lipinski definition) is 3. The number of fused-ring (bicyclic) bond motifs is 1. The smallest absolute Gasteiger partial charge is 0.0602 e.